The summed E-state index contributed by atoms with van der Waals surface area (Å²) in [5.74, 6) is -2.23. The van der Waals surface area contributed by atoms with Gasteiger partial charge in [-0.1, -0.05) is 0 Å². The normalized spacial score (nSPS) is 10.3. The van der Waals surface area contributed by atoms with Gasteiger partial charge in [-0.15, -0.1) is 0 Å². The van der Waals surface area contributed by atoms with Gasteiger partial charge in [-0.3, -0.25) is 10.1 Å². The van der Waals surface area contributed by atoms with Gasteiger partial charge >= 0.3 is 11.8 Å². The molecule has 9 nitrogen and oxygen atoms in total. The van der Waals surface area contributed by atoms with Crippen molar-refractivity contribution in [2.24, 2.45) is 0 Å². The number of hydrogen-bond donors (Lipinski definition) is 1. The van der Waals surface area contributed by atoms with Gasteiger partial charge in [-0.05, 0) is 13.0 Å². The van der Waals surface area contributed by atoms with E-state index in [-0.39, 0.29) is 22.8 Å². The van der Waals surface area contributed by atoms with Crippen molar-refractivity contribution in [2.45, 2.75) is 13.5 Å². The first-order valence-corrected chi connectivity index (χ1v) is 5.62. The van der Waals surface area contributed by atoms with Gasteiger partial charge in [-0.25, -0.2) is 9.59 Å². The van der Waals surface area contributed by atoms with E-state index in [1.165, 1.54) is 6.92 Å². The first-order valence-electron chi connectivity index (χ1n) is 5.62. The van der Waals surface area contributed by atoms with E-state index in [0.717, 1.165) is 18.2 Å². The van der Waals surface area contributed by atoms with Crippen molar-refractivity contribution in [1.29, 1.82) is 0 Å². The Morgan fingerprint density at radius 3 is 2.71 bits per heavy atom. The number of aromatic hydroxyl groups is 1. The smallest absolute Gasteiger partial charge is 0.507 e. The lowest BCUT2D eigenvalue weighted by molar-refractivity contribution is -0.384. The van der Waals surface area contributed by atoms with Crippen molar-refractivity contribution in [3.8, 4) is 5.75 Å². The van der Waals surface area contributed by atoms with E-state index in [0.29, 0.717) is 0 Å². The molecule has 0 aliphatic carbocycles. The van der Waals surface area contributed by atoms with E-state index in [4.69, 9.17) is 4.74 Å². The van der Waals surface area contributed by atoms with Gasteiger partial charge < -0.3 is 18.7 Å². The molecule has 0 bridgehead atoms. The number of phenolic OH excluding ortho intramolecular Hbond substituents is 1. The molecule has 1 aromatic carbocycles. The fourth-order valence-electron chi connectivity index (χ4n) is 1.52. The minimum atomic E-state index is -1.00. The summed E-state index contributed by atoms with van der Waals surface area (Å²) >= 11 is 0. The number of rotatable bonds is 4. The van der Waals surface area contributed by atoms with Crippen LogP contribution in [0.5, 0.6) is 5.75 Å². The molecular formula is C12H9NO8. The Kier molecular flexibility index (Phi) is 3.74. The zero-order valence-corrected chi connectivity index (χ0v) is 10.7. The third-order valence-electron chi connectivity index (χ3n) is 2.58. The van der Waals surface area contributed by atoms with Gasteiger partial charge in [-0.2, -0.15) is 0 Å². The highest BCUT2D eigenvalue weighted by Crippen LogP contribution is 2.24. The third kappa shape index (κ3) is 3.08. The Hall–Kier alpha value is -3.10. The molecule has 0 fully saturated rings. The number of nitro benzene ring substituents is 1. The first kappa shape index (κ1) is 14.3. The Labute approximate surface area is 116 Å². The van der Waals surface area contributed by atoms with Crippen LogP contribution in [0.25, 0.3) is 0 Å². The SMILES string of the molecule is Cc1oc(=O)oc1COC(=O)c1cc([N+](=O)[O-])ccc1O. The van der Waals surface area contributed by atoms with Crippen LogP contribution in [0.2, 0.25) is 0 Å². The molecule has 2 aromatic rings. The quantitative estimate of drug-likeness (QED) is 0.509. The van der Waals surface area contributed by atoms with Gasteiger partial charge in [0.2, 0.25) is 0 Å². The Morgan fingerprint density at radius 1 is 1.43 bits per heavy atom. The van der Waals surface area contributed by atoms with Crippen LogP contribution in [-0.4, -0.2) is 16.0 Å². The fraction of sp³-hybridized carbons (Fsp3) is 0.167. The van der Waals surface area contributed by atoms with Crippen LogP contribution in [0.15, 0.2) is 31.8 Å². The predicted molar refractivity (Wildman–Crippen MR) is 65.9 cm³/mol. The molecule has 2 rings (SSSR count). The van der Waals surface area contributed by atoms with Crippen LogP contribution in [-0.2, 0) is 11.3 Å². The minimum absolute atomic E-state index is 0.0123. The molecular weight excluding hydrogens is 286 g/mol. The highest BCUT2D eigenvalue weighted by atomic mass is 16.6. The molecule has 1 heterocycles. The Bertz CT molecular complexity index is 757. The summed E-state index contributed by atoms with van der Waals surface area (Å²) in [6.45, 7) is 1.04. The minimum Gasteiger partial charge on any atom is -0.507 e. The number of nitro groups is 1. The molecule has 110 valence electrons. The van der Waals surface area contributed by atoms with Crippen LogP contribution >= 0.6 is 0 Å². The Morgan fingerprint density at radius 2 is 2.14 bits per heavy atom. The van der Waals surface area contributed by atoms with Crippen LogP contribution in [0.3, 0.4) is 0 Å². The molecule has 1 N–H and O–H groups in total. The lowest BCUT2D eigenvalue weighted by Gasteiger charge is -2.04. The highest BCUT2D eigenvalue weighted by Gasteiger charge is 2.19. The van der Waals surface area contributed by atoms with Gasteiger partial charge in [0.25, 0.3) is 5.69 Å². The second-order valence-corrected chi connectivity index (χ2v) is 3.97. The highest BCUT2D eigenvalue weighted by molar-refractivity contribution is 5.93. The number of hydrogen-bond acceptors (Lipinski definition) is 8. The molecule has 0 radical (unpaired) electrons. The van der Waals surface area contributed by atoms with E-state index < -0.39 is 29.1 Å². The fourth-order valence-corrected chi connectivity index (χ4v) is 1.52. The number of nitrogens with zero attached hydrogens (tertiary/aromatic N) is 1. The van der Waals surface area contributed by atoms with E-state index in [2.05, 4.69) is 8.83 Å². The number of phenols is 1. The van der Waals surface area contributed by atoms with Crippen LogP contribution in [0.4, 0.5) is 5.69 Å². The number of carbonyl (C=O) groups excluding carboxylic acids is 1. The number of carbonyl (C=O) groups is 1. The number of non-ortho nitro benzene ring substituents is 1. The molecule has 0 saturated heterocycles. The number of benzene rings is 1. The largest absolute Gasteiger partial charge is 0.519 e. The van der Waals surface area contributed by atoms with Gasteiger partial charge in [0, 0.05) is 12.1 Å². The van der Waals surface area contributed by atoms with E-state index in [1.54, 1.807) is 0 Å². The molecule has 0 spiro atoms. The summed E-state index contributed by atoms with van der Waals surface area (Å²) in [7, 11) is 0. The zero-order valence-electron chi connectivity index (χ0n) is 10.7. The zero-order chi connectivity index (χ0) is 15.6. The molecule has 21 heavy (non-hydrogen) atoms. The van der Waals surface area contributed by atoms with Crippen molar-refractivity contribution in [3.63, 3.8) is 0 Å². The second kappa shape index (κ2) is 5.49. The van der Waals surface area contributed by atoms with E-state index in [9.17, 15) is 24.8 Å². The molecule has 0 aliphatic heterocycles. The average Bonchev–Trinajstić information content (AvgIpc) is 2.74. The molecule has 0 amide bonds. The van der Waals surface area contributed by atoms with Crippen molar-refractivity contribution in [3.05, 3.63) is 56.0 Å². The van der Waals surface area contributed by atoms with Crippen molar-refractivity contribution < 1.29 is 28.4 Å². The maximum atomic E-state index is 11.8. The number of esters is 1. The summed E-state index contributed by atoms with van der Waals surface area (Å²) in [4.78, 5) is 32.5. The van der Waals surface area contributed by atoms with Gasteiger partial charge in [0.1, 0.15) is 11.3 Å². The lowest BCUT2D eigenvalue weighted by Crippen LogP contribution is -2.06. The predicted octanol–water partition coefficient (Wildman–Crippen LogP) is 1.51. The molecule has 9 heteroatoms. The summed E-state index contributed by atoms with van der Waals surface area (Å²) < 4.78 is 14.0. The Balaban J connectivity index is 2.17. The second-order valence-electron chi connectivity index (χ2n) is 3.97. The molecule has 1 aromatic heterocycles. The molecule has 0 unspecified atom stereocenters. The van der Waals surface area contributed by atoms with Gasteiger partial charge in [0.15, 0.2) is 18.1 Å². The van der Waals surface area contributed by atoms with E-state index >= 15 is 0 Å². The van der Waals surface area contributed by atoms with Gasteiger partial charge in [0.05, 0.1) is 4.92 Å². The third-order valence-corrected chi connectivity index (χ3v) is 2.58. The van der Waals surface area contributed by atoms with E-state index in [1.807, 2.05) is 0 Å². The topological polar surface area (TPSA) is 133 Å². The maximum Gasteiger partial charge on any atom is 0.519 e. The van der Waals surface area contributed by atoms with Crippen LogP contribution < -0.4 is 5.82 Å². The van der Waals surface area contributed by atoms with Crippen LogP contribution in [0.1, 0.15) is 21.9 Å². The summed E-state index contributed by atoms with van der Waals surface area (Å²) in [5, 5.41) is 20.2. The summed E-state index contributed by atoms with van der Waals surface area (Å²) in [5.41, 5.74) is -0.738. The summed E-state index contributed by atoms with van der Waals surface area (Å²) in [6.07, 6.45) is 0. The standard InChI is InChI=1S/C12H9NO8/c1-6-10(21-12(16)20-6)5-19-11(15)8-4-7(13(17)18)2-3-9(8)14/h2-4,14H,5H2,1H3. The van der Waals surface area contributed by atoms with Crippen molar-refractivity contribution in [1.82, 2.24) is 0 Å². The van der Waals surface area contributed by atoms with Crippen LogP contribution in [0, 0.1) is 17.0 Å². The molecule has 0 aliphatic rings. The summed E-state index contributed by atoms with van der Waals surface area (Å²) in [6, 6.07) is 2.94. The van der Waals surface area contributed by atoms with Crippen molar-refractivity contribution in [2.75, 3.05) is 0 Å². The van der Waals surface area contributed by atoms with Crippen molar-refractivity contribution >= 4 is 11.7 Å². The average molecular weight is 295 g/mol. The molecule has 0 saturated carbocycles. The maximum absolute atomic E-state index is 11.8. The lowest BCUT2D eigenvalue weighted by atomic mass is 10.2. The number of ether oxygens (including phenoxy) is 1. The molecule has 0 atom stereocenters. The number of aryl methyl sites for hydroxylation is 1. The first-order chi connectivity index (χ1) is 9.88. The monoisotopic (exact) mass is 295 g/mol.